The fourth-order valence-corrected chi connectivity index (χ4v) is 2.79. The van der Waals surface area contributed by atoms with Crippen LogP contribution in [-0.2, 0) is 10.1 Å². The van der Waals surface area contributed by atoms with Crippen LogP contribution in [0.3, 0.4) is 0 Å². The topological polar surface area (TPSA) is 83.8 Å². The predicted octanol–water partition coefficient (Wildman–Crippen LogP) is 2.45. The summed E-state index contributed by atoms with van der Waals surface area (Å²) in [5.74, 6) is -0.292. The first kappa shape index (κ1) is 12.9. The fraction of sp³-hybridized carbons (Fsp3) is 0.0909. The van der Waals surface area contributed by atoms with Crippen LogP contribution in [0.15, 0.2) is 29.2 Å². The van der Waals surface area contributed by atoms with E-state index in [1.807, 2.05) is 0 Å². The van der Waals surface area contributed by atoms with Crippen molar-refractivity contribution in [3.05, 3.63) is 29.3 Å². The number of halogens is 1. The van der Waals surface area contributed by atoms with Gasteiger partial charge in [-0.2, -0.15) is 8.42 Å². The van der Waals surface area contributed by atoms with Gasteiger partial charge in [-0.25, -0.2) is 0 Å². The molecule has 0 unspecified atom stereocenters. The molecule has 0 saturated heterocycles. The van der Waals surface area contributed by atoms with Crippen molar-refractivity contribution >= 4 is 32.5 Å². The van der Waals surface area contributed by atoms with Gasteiger partial charge in [-0.15, -0.1) is 0 Å². The molecule has 96 valence electrons. The second kappa shape index (κ2) is 4.31. The highest BCUT2D eigenvalue weighted by Crippen LogP contribution is 2.41. The number of phenols is 1. The predicted molar refractivity (Wildman–Crippen MR) is 67.0 cm³/mol. The fourth-order valence-electron chi connectivity index (χ4n) is 1.72. The molecule has 0 amide bonds. The van der Waals surface area contributed by atoms with Crippen LogP contribution in [0, 0.1) is 0 Å². The smallest absolute Gasteiger partial charge is 0.295 e. The van der Waals surface area contributed by atoms with Crippen molar-refractivity contribution < 1.29 is 22.8 Å². The molecule has 0 fully saturated rings. The van der Waals surface area contributed by atoms with E-state index in [4.69, 9.17) is 16.3 Å². The second-order valence-corrected chi connectivity index (χ2v) is 5.36. The zero-order valence-electron chi connectivity index (χ0n) is 9.21. The summed E-state index contributed by atoms with van der Waals surface area (Å²) in [6, 6.07) is 5.52. The molecule has 0 aromatic heterocycles. The molecule has 0 heterocycles. The number of hydrogen-bond acceptors (Lipinski definition) is 4. The summed E-state index contributed by atoms with van der Waals surface area (Å²) in [6.45, 7) is 0. The van der Waals surface area contributed by atoms with Crippen LogP contribution in [0.4, 0.5) is 0 Å². The van der Waals surface area contributed by atoms with Gasteiger partial charge < -0.3 is 9.84 Å². The van der Waals surface area contributed by atoms with E-state index in [2.05, 4.69) is 0 Å². The normalized spacial score (nSPS) is 11.7. The highest BCUT2D eigenvalue weighted by molar-refractivity contribution is 7.86. The van der Waals surface area contributed by atoms with E-state index >= 15 is 0 Å². The molecule has 0 atom stereocenters. The Morgan fingerprint density at radius 1 is 1.33 bits per heavy atom. The van der Waals surface area contributed by atoms with Crippen molar-refractivity contribution in [2.45, 2.75) is 4.90 Å². The zero-order chi connectivity index (χ0) is 13.5. The van der Waals surface area contributed by atoms with E-state index in [1.54, 1.807) is 6.07 Å². The first-order chi connectivity index (χ1) is 8.36. The van der Waals surface area contributed by atoms with Gasteiger partial charge in [0.1, 0.15) is 4.90 Å². The Balaban J connectivity index is 3.06. The third-order valence-corrected chi connectivity index (χ3v) is 3.70. The molecule has 2 aromatic rings. The Hall–Kier alpha value is -1.50. The molecule has 0 aliphatic rings. The highest BCUT2D eigenvalue weighted by atomic mass is 35.5. The molecule has 7 heteroatoms. The summed E-state index contributed by atoms with van der Waals surface area (Å²) in [7, 11) is -3.20. The van der Waals surface area contributed by atoms with Crippen LogP contribution < -0.4 is 4.74 Å². The van der Waals surface area contributed by atoms with Crippen LogP contribution in [0.25, 0.3) is 10.8 Å². The van der Waals surface area contributed by atoms with E-state index < -0.39 is 15.0 Å². The summed E-state index contributed by atoms with van der Waals surface area (Å²) in [6.07, 6.45) is 0. The van der Waals surface area contributed by atoms with Gasteiger partial charge in [-0.3, -0.25) is 4.55 Å². The van der Waals surface area contributed by atoms with Gasteiger partial charge in [-0.05, 0) is 6.07 Å². The Kier molecular flexibility index (Phi) is 3.10. The van der Waals surface area contributed by atoms with Crippen LogP contribution in [0.1, 0.15) is 0 Å². The largest absolute Gasteiger partial charge is 0.504 e. The molecule has 0 aliphatic carbocycles. The number of aromatic hydroxyl groups is 1. The zero-order valence-corrected chi connectivity index (χ0v) is 10.8. The lowest BCUT2D eigenvalue weighted by molar-refractivity contribution is 0.375. The molecule has 5 nitrogen and oxygen atoms in total. The Labute approximate surface area is 108 Å². The van der Waals surface area contributed by atoms with Gasteiger partial charge in [0.15, 0.2) is 11.5 Å². The van der Waals surface area contributed by atoms with Crippen molar-refractivity contribution in [2.24, 2.45) is 0 Å². The molecule has 2 rings (SSSR count). The number of ether oxygens (including phenoxy) is 1. The number of fused-ring (bicyclic) bond motifs is 1. The first-order valence-corrected chi connectivity index (χ1v) is 6.63. The lowest BCUT2D eigenvalue weighted by Gasteiger charge is -2.11. The summed E-state index contributed by atoms with van der Waals surface area (Å²) in [5, 5.41) is 10.3. The van der Waals surface area contributed by atoms with E-state index in [-0.39, 0.29) is 27.3 Å². The third kappa shape index (κ3) is 1.98. The second-order valence-electron chi connectivity index (χ2n) is 3.56. The molecule has 0 spiro atoms. The molecule has 0 radical (unpaired) electrons. The highest BCUT2D eigenvalue weighted by Gasteiger charge is 2.21. The summed E-state index contributed by atoms with van der Waals surface area (Å²) in [5.41, 5.74) is 0. The number of hydrogen-bond donors (Lipinski definition) is 2. The van der Waals surface area contributed by atoms with E-state index in [0.29, 0.717) is 0 Å². The average molecular weight is 289 g/mol. The SMILES string of the molecule is COc1cc(S(=O)(=O)O)c2c(Cl)cccc2c1O. The number of rotatable bonds is 2. The van der Waals surface area contributed by atoms with E-state index in [0.717, 1.165) is 6.07 Å². The quantitative estimate of drug-likeness (QED) is 0.829. The minimum absolute atomic E-state index is 0.0555. The van der Waals surface area contributed by atoms with Crippen molar-refractivity contribution in [3.8, 4) is 11.5 Å². The van der Waals surface area contributed by atoms with Crippen LogP contribution in [0.2, 0.25) is 5.02 Å². The number of methoxy groups -OCH3 is 1. The van der Waals surface area contributed by atoms with Crippen LogP contribution >= 0.6 is 11.6 Å². The van der Waals surface area contributed by atoms with Crippen LogP contribution in [-0.4, -0.2) is 25.2 Å². The van der Waals surface area contributed by atoms with Crippen LogP contribution in [0.5, 0.6) is 11.5 Å². The van der Waals surface area contributed by atoms with Gasteiger partial charge in [0.05, 0.1) is 7.11 Å². The maximum Gasteiger partial charge on any atom is 0.295 e. The molecule has 18 heavy (non-hydrogen) atoms. The van der Waals surface area contributed by atoms with Crippen molar-refractivity contribution in [1.29, 1.82) is 0 Å². The van der Waals surface area contributed by atoms with Crippen molar-refractivity contribution in [1.82, 2.24) is 0 Å². The van der Waals surface area contributed by atoms with E-state index in [1.165, 1.54) is 19.2 Å². The van der Waals surface area contributed by atoms with E-state index in [9.17, 15) is 18.1 Å². The van der Waals surface area contributed by atoms with Crippen molar-refractivity contribution in [2.75, 3.05) is 7.11 Å². The van der Waals surface area contributed by atoms with Gasteiger partial charge in [0.2, 0.25) is 0 Å². The molecular weight excluding hydrogens is 280 g/mol. The minimum Gasteiger partial charge on any atom is -0.504 e. The Morgan fingerprint density at radius 2 is 2.00 bits per heavy atom. The molecule has 0 saturated carbocycles. The molecule has 0 bridgehead atoms. The molecule has 2 N–H and O–H groups in total. The Bertz CT molecular complexity index is 724. The van der Waals surface area contributed by atoms with Gasteiger partial charge in [0, 0.05) is 21.9 Å². The van der Waals surface area contributed by atoms with Gasteiger partial charge >= 0.3 is 0 Å². The monoisotopic (exact) mass is 288 g/mol. The first-order valence-electron chi connectivity index (χ1n) is 4.82. The van der Waals surface area contributed by atoms with Gasteiger partial charge in [0.25, 0.3) is 10.1 Å². The maximum atomic E-state index is 11.3. The standard InChI is InChI=1S/C11H9ClO5S/c1-17-8-5-9(18(14,15)16)10-6(11(8)13)3-2-4-7(10)12/h2-5,13H,1H3,(H,14,15,16). The van der Waals surface area contributed by atoms with Gasteiger partial charge in [-0.1, -0.05) is 23.7 Å². The average Bonchev–Trinajstić information content (AvgIpc) is 2.29. The lowest BCUT2D eigenvalue weighted by Crippen LogP contribution is -2.01. The summed E-state index contributed by atoms with van der Waals surface area (Å²) < 4.78 is 36.7. The lowest BCUT2D eigenvalue weighted by atomic mass is 10.1. The summed E-state index contributed by atoms with van der Waals surface area (Å²) >= 11 is 5.91. The third-order valence-electron chi connectivity index (χ3n) is 2.51. The molecular formula is C11H9ClO5S. The maximum absolute atomic E-state index is 11.3. The summed E-state index contributed by atoms with van der Waals surface area (Å²) in [4.78, 5) is -0.405. The minimum atomic E-state index is -4.48. The van der Waals surface area contributed by atoms with Crippen molar-refractivity contribution in [3.63, 3.8) is 0 Å². The number of phenolic OH excluding ortho intramolecular Hbond substituents is 1. The molecule has 0 aliphatic heterocycles. The number of benzene rings is 2. The Morgan fingerprint density at radius 3 is 2.56 bits per heavy atom. The molecule has 2 aromatic carbocycles.